The van der Waals surface area contributed by atoms with E-state index >= 15 is 0 Å². The summed E-state index contributed by atoms with van der Waals surface area (Å²) in [4.78, 5) is 31.8. The van der Waals surface area contributed by atoms with Crippen molar-refractivity contribution in [3.63, 3.8) is 0 Å². The van der Waals surface area contributed by atoms with Crippen LogP contribution in [-0.2, 0) is 4.74 Å². The lowest BCUT2D eigenvalue weighted by atomic mass is 10.2. The molecule has 0 fully saturated rings. The van der Waals surface area contributed by atoms with E-state index in [9.17, 15) is 9.59 Å². The number of aromatic nitrogens is 2. The van der Waals surface area contributed by atoms with Gasteiger partial charge in [0.2, 0.25) is 5.95 Å². The first-order valence-corrected chi connectivity index (χ1v) is 7.29. The smallest absolute Gasteiger partial charge is 0.337 e. The molecule has 0 atom stereocenters. The van der Waals surface area contributed by atoms with Crippen LogP contribution >= 0.6 is 11.6 Å². The second-order valence-electron chi connectivity index (χ2n) is 4.61. The number of halogens is 1. The molecular weight excluding hydrogens is 332 g/mol. The van der Waals surface area contributed by atoms with Gasteiger partial charge in [-0.05, 0) is 18.2 Å². The van der Waals surface area contributed by atoms with Crippen LogP contribution in [0.3, 0.4) is 0 Å². The van der Waals surface area contributed by atoms with E-state index in [0.29, 0.717) is 23.2 Å². The molecule has 0 saturated heterocycles. The Balaban J connectivity index is 2.14. The van der Waals surface area contributed by atoms with Crippen LogP contribution < -0.4 is 10.6 Å². The summed E-state index contributed by atoms with van der Waals surface area (Å²) in [6, 6.07) is 4.45. The van der Waals surface area contributed by atoms with Gasteiger partial charge < -0.3 is 15.4 Å². The van der Waals surface area contributed by atoms with Crippen LogP contribution in [0, 0.1) is 0 Å². The molecule has 0 bridgehead atoms. The number of rotatable bonds is 6. The third-order valence-corrected chi connectivity index (χ3v) is 3.28. The predicted octanol–water partition coefficient (Wildman–Crippen LogP) is 2.77. The molecule has 1 amide bonds. The number of nitrogens with zero attached hydrogens (tertiary/aromatic N) is 2. The molecule has 124 valence electrons. The number of ether oxygens (including phenoxy) is 1. The third kappa shape index (κ3) is 4.30. The Morgan fingerprint density at radius 1 is 1.29 bits per heavy atom. The molecule has 0 aliphatic heterocycles. The van der Waals surface area contributed by atoms with Gasteiger partial charge in [0.1, 0.15) is 0 Å². The monoisotopic (exact) mass is 346 g/mol. The van der Waals surface area contributed by atoms with Crippen molar-refractivity contribution in [1.29, 1.82) is 0 Å². The lowest BCUT2D eigenvalue weighted by molar-refractivity contribution is 0.0600. The van der Waals surface area contributed by atoms with E-state index in [1.54, 1.807) is 6.08 Å². The van der Waals surface area contributed by atoms with Crippen LogP contribution in [0.15, 0.2) is 43.2 Å². The number of carbonyl (C=O) groups is 2. The van der Waals surface area contributed by atoms with Gasteiger partial charge in [-0.2, -0.15) is 0 Å². The van der Waals surface area contributed by atoms with Crippen molar-refractivity contribution < 1.29 is 14.3 Å². The summed E-state index contributed by atoms with van der Waals surface area (Å²) in [6.45, 7) is 4.09. The van der Waals surface area contributed by atoms with Gasteiger partial charge in [-0.15, -0.1) is 6.58 Å². The van der Waals surface area contributed by atoms with Crippen molar-refractivity contribution in [1.82, 2.24) is 9.97 Å². The van der Waals surface area contributed by atoms with E-state index in [4.69, 9.17) is 11.6 Å². The molecule has 0 aliphatic carbocycles. The van der Waals surface area contributed by atoms with E-state index in [0.717, 1.165) is 0 Å². The summed E-state index contributed by atoms with van der Waals surface area (Å²) in [7, 11) is 1.27. The maximum absolute atomic E-state index is 12.2. The lowest BCUT2D eigenvalue weighted by Crippen LogP contribution is -2.14. The first-order valence-electron chi connectivity index (χ1n) is 6.91. The number of nitrogens with one attached hydrogen (secondary N) is 2. The van der Waals surface area contributed by atoms with Crippen LogP contribution in [-0.4, -0.2) is 35.5 Å². The summed E-state index contributed by atoms with van der Waals surface area (Å²) in [5.74, 6) is -0.588. The Bertz CT molecular complexity index is 762. The summed E-state index contributed by atoms with van der Waals surface area (Å²) < 4.78 is 4.64. The summed E-state index contributed by atoms with van der Waals surface area (Å²) >= 11 is 6.04. The number of methoxy groups -OCH3 is 1. The summed E-state index contributed by atoms with van der Waals surface area (Å²) in [6.07, 6.45) is 4.43. The Hall–Kier alpha value is -2.93. The molecule has 7 nitrogen and oxygen atoms in total. The molecule has 0 radical (unpaired) electrons. The lowest BCUT2D eigenvalue weighted by Gasteiger charge is -2.09. The Labute approximate surface area is 143 Å². The van der Waals surface area contributed by atoms with Crippen LogP contribution in [0.1, 0.15) is 20.7 Å². The highest BCUT2D eigenvalue weighted by molar-refractivity contribution is 6.34. The Morgan fingerprint density at radius 3 is 2.62 bits per heavy atom. The normalized spacial score (nSPS) is 9.92. The number of hydrogen-bond acceptors (Lipinski definition) is 6. The largest absolute Gasteiger partial charge is 0.465 e. The fraction of sp³-hybridized carbons (Fsp3) is 0.125. The van der Waals surface area contributed by atoms with E-state index in [1.807, 2.05) is 0 Å². The summed E-state index contributed by atoms with van der Waals surface area (Å²) in [5, 5.41) is 5.81. The molecule has 0 saturated carbocycles. The van der Waals surface area contributed by atoms with Crippen molar-refractivity contribution in [3.05, 3.63) is 59.4 Å². The van der Waals surface area contributed by atoms with Crippen molar-refractivity contribution in [2.45, 2.75) is 0 Å². The maximum Gasteiger partial charge on any atom is 0.337 e. The molecule has 0 spiro atoms. The molecule has 1 aromatic heterocycles. The van der Waals surface area contributed by atoms with Crippen molar-refractivity contribution in [2.24, 2.45) is 0 Å². The molecule has 2 rings (SSSR count). The van der Waals surface area contributed by atoms with Gasteiger partial charge in [0, 0.05) is 18.9 Å². The topological polar surface area (TPSA) is 93.2 Å². The van der Waals surface area contributed by atoms with Crippen LogP contribution in [0.5, 0.6) is 0 Å². The minimum atomic E-state index is -0.525. The number of amides is 1. The number of carbonyl (C=O) groups excluding carboxylic acids is 2. The zero-order valence-corrected chi connectivity index (χ0v) is 13.6. The molecule has 1 aromatic carbocycles. The molecule has 2 N–H and O–H groups in total. The standard InChI is InChI=1S/C16H15ClN4O3/c1-3-6-18-16-19-8-11(9-20-16)14(22)21-13-7-10(15(23)24-2)4-5-12(13)17/h3-5,7-9H,1,6H2,2H3,(H,21,22)(H,18,19,20). The summed E-state index contributed by atoms with van der Waals surface area (Å²) in [5.41, 5.74) is 0.814. The fourth-order valence-corrected chi connectivity index (χ4v) is 1.93. The van der Waals surface area contributed by atoms with Crippen LogP contribution in [0.25, 0.3) is 0 Å². The van der Waals surface area contributed by atoms with Gasteiger partial charge >= 0.3 is 5.97 Å². The minimum absolute atomic E-state index is 0.249. The number of esters is 1. The van der Waals surface area contributed by atoms with Gasteiger partial charge in [-0.3, -0.25) is 4.79 Å². The Morgan fingerprint density at radius 2 is 2.00 bits per heavy atom. The van der Waals surface area contributed by atoms with E-state index in [2.05, 4.69) is 31.9 Å². The molecule has 0 unspecified atom stereocenters. The SMILES string of the molecule is C=CCNc1ncc(C(=O)Nc2cc(C(=O)OC)ccc2Cl)cn1. The minimum Gasteiger partial charge on any atom is -0.465 e. The molecular formula is C16H15ClN4O3. The average molecular weight is 347 g/mol. The second-order valence-corrected chi connectivity index (χ2v) is 5.01. The van der Waals surface area contributed by atoms with Gasteiger partial charge in [0.25, 0.3) is 5.91 Å². The van der Waals surface area contributed by atoms with E-state index in [1.165, 1.54) is 37.7 Å². The van der Waals surface area contributed by atoms with E-state index in [-0.39, 0.29) is 11.1 Å². The molecule has 24 heavy (non-hydrogen) atoms. The first-order chi connectivity index (χ1) is 11.5. The zero-order valence-electron chi connectivity index (χ0n) is 12.9. The van der Waals surface area contributed by atoms with Gasteiger partial charge in [-0.25, -0.2) is 14.8 Å². The number of hydrogen-bond donors (Lipinski definition) is 2. The quantitative estimate of drug-likeness (QED) is 0.617. The second kappa shape index (κ2) is 8.07. The van der Waals surface area contributed by atoms with Gasteiger partial charge in [-0.1, -0.05) is 17.7 Å². The first kappa shape index (κ1) is 17.4. The van der Waals surface area contributed by atoms with E-state index < -0.39 is 11.9 Å². The average Bonchev–Trinajstić information content (AvgIpc) is 2.61. The maximum atomic E-state index is 12.2. The van der Waals surface area contributed by atoms with Gasteiger partial charge in [0.05, 0.1) is 28.9 Å². The fourth-order valence-electron chi connectivity index (χ4n) is 1.76. The molecule has 1 heterocycles. The number of benzene rings is 1. The zero-order chi connectivity index (χ0) is 17.5. The van der Waals surface area contributed by atoms with Crippen molar-refractivity contribution >= 4 is 35.1 Å². The molecule has 2 aromatic rings. The highest BCUT2D eigenvalue weighted by Gasteiger charge is 2.13. The van der Waals surface area contributed by atoms with Crippen molar-refractivity contribution in [2.75, 3.05) is 24.3 Å². The molecule has 8 heteroatoms. The van der Waals surface area contributed by atoms with Crippen molar-refractivity contribution in [3.8, 4) is 0 Å². The predicted molar refractivity (Wildman–Crippen MR) is 91.5 cm³/mol. The Kier molecular flexibility index (Phi) is 5.86. The van der Waals surface area contributed by atoms with Crippen LogP contribution in [0.4, 0.5) is 11.6 Å². The van der Waals surface area contributed by atoms with Crippen LogP contribution in [0.2, 0.25) is 5.02 Å². The highest BCUT2D eigenvalue weighted by atomic mass is 35.5. The van der Waals surface area contributed by atoms with Gasteiger partial charge in [0.15, 0.2) is 0 Å². The third-order valence-electron chi connectivity index (χ3n) is 2.95. The number of anilines is 2. The highest BCUT2D eigenvalue weighted by Crippen LogP contribution is 2.24. The molecule has 0 aliphatic rings.